The molecule has 0 amide bonds. The molecule has 0 saturated heterocycles. The molecule has 2 N–H and O–H groups in total. The maximum absolute atomic E-state index is 12.8. The van der Waals surface area contributed by atoms with Crippen molar-refractivity contribution in [1.29, 1.82) is 0 Å². The quantitative estimate of drug-likeness (QED) is 0.847. The number of pyridine rings is 1. The Hall–Kier alpha value is -1.10. The van der Waals surface area contributed by atoms with E-state index < -0.39 is 17.2 Å². The van der Waals surface area contributed by atoms with E-state index in [4.69, 9.17) is 5.73 Å². The number of aromatic nitrogens is 1. The van der Waals surface area contributed by atoms with E-state index >= 15 is 0 Å². The summed E-state index contributed by atoms with van der Waals surface area (Å²) in [5.74, 6) is 0. The molecule has 0 aliphatic heterocycles. The van der Waals surface area contributed by atoms with Crippen molar-refractivity contribution in [1.82, 2.24) is 4.98 Å². The Morgan fingerprint density at radius 2 is 2.06 bits per heavy atom. The van der Waals surface area contributed by atoms with Gasteiger partial charge in [-0.15, -0.1) is 0 Å². The van der Waals surface area contributed by atoms with Gasteiger partial charge in [-0.2, -0.15) is 13.2 Å². The lowest BCUT2D eigenvalue weighted by Gasteiger charge is -2.23. The minimum Gasteiger partial charge on any atom is -0.327 e. The second-order valence-electron chi connectivity index (χ2n) is 4.36. The predicted molar refractivity (Wildman–Crippen MR) is 53.8 cm³/mol. The molecule has 2 rings (SSSR count). The molecule has 0 spiro atoms. The van der Waals surface area contributed by atoms with Crippen LogP contribution in [0.1, 0.15) is 30.9 Å². The first-order valence-corrected chi connectivity index (χ1v) is 5.15. The van der Waals surface area contributed by atoms with Crippen molar-refractivity contribution >= 4 is 0 Å². The van der Waals surface area contributed by atoms with Gasteiger partial charge in [-0.1, -0.05) is 0 Å². The highest BCUT2D eigenvalue weighted by molar-refractivity contribution is 5.39. The molecule has 1 aromatic rings. The Kier molecular flexibility index (Phi) is 2.45. The minimum atomic E-state index is -4.35. The van der Waals surface area contributed by atoms with Gasteiger partial charge in [0.25, 0.3) is 0 Å². The van der Waals surface area contributed by atoms with Crippen LogP contribution in [0.25, 0.3) is 0 Å². The number of alkyl halides is 3. The third-order valence-corrected chi connectivity index (χ3v) is 3.32. The molecule has 1 aliphatic rings. The molecule has 1 saturated carbocycles. The van der Waals surface area contributed by atoms with Crippen LogP contribution in [0.2, 0.25) is 0 Å². The second-order valence-corrected chi connectivity index (χ2v) is 4.36. The van der Waals surface area contributed by atoms with Gasteiger partial charge >= 0.3 is 6.18 Å². The summed E-state index contributed by atoms with van der Waals surface area (Å²) >= 11 is 0. The number of hydrogen-bond acceptors (Lipinski definition) is 2. The Morgan fingerprint density at radius 3 is 2.50 bits per heavy atom. The first-order valence-electron chi connectivity index (χ1n) is 5.15. The molecule has 1 aromatic heterocycles. The van der Waals surface area contributed by atoms with E-state index in [-0.39, 0.29) is 6.04 Å². The Balaban J connectivity index is 2.50. The van der Waals surface area contributed by atoms with Crippen molar-refractivity contribution in [2.24, 2.45) is 5.73 Å². The average molecular weight is 230 g/mol. The molecule has 2 nitrogen and oxygen atoms in total. The largest absolute Gasteiger partial charge is 0.418 e. The fourth-order valence-corrected chi connectivity index (χ4v) is 2.16. The van der Waals surface area contributed by atoms with Crippen molar-refractivity contribution in [2.75, 3.05) is 0 Å². The van der Waals surface area contributed by atoms with Gasteiger partial charge in [0.2, 0.25) is 0 Å². The smallest absolute Gasteiger partial charge is 0.327 e. The highest BCUT2D eigenvalue weighted by Crippen LogP contribution is 2.53. The van der Waals surface area contributed by atoms with E-state index in [1.54, 1.807) is 6.92 Å². The van der Waals surface area contributed by atoms with Gasteiger partial charge in [0.15, 0.2) is 0 Å². The number of rotatable bonds is 2. The lowest BCUT2D eigenvalue weighted by Crippen LogP contribution is -2.33. The van der Waals surface area contributed by atoms with Crippen molar-refractivity contribution in [3.8, 4) is 0 Å². The van der Waals surface area contributed by atoms with Gasteiger partial charge in [-0.25, -0.2) is 0 Å². The zero-order chi connectivity index (χ0) is 12.0. The third kappa shape index (κ3) is 1.69. The molecular weight excluding hydrogens is 217 g/mol. The fraction of sp³-hybridized carbons (Fsp3) is 0.545. The van der Waals surface area contributed by atoms with Gasteiger partial charge in [0.1, 0.15) is 0 Å². The summed E-state index contributed by atoms with van der Waals surface area (Å²) in [6, 6.07) is 1.18. The molecule has 88 valence electrons. The van der Waals surface area contributed by atoms with Crippen LogP contribution in [0.15, 0.2) is 18.5 Å². The van der Waals surface area contributed by atoms with Gasteiger partial charge in [-0.05, 0) is 31.4 Å². The summed E-state index contributed by atoms with van der Waals surface area (Å²) in [5.41, 5.74) is 4.94. The molecule has 1 unspecified atom stereocenters. The molecule has 1 heterocycles. The molecule has 1 aliphatic carbocycles. The summed E-state index contributed by atoms with van der Waals surface area (Å²) in [4.78, 5) is 3.55. The van der Waals surface area contributed by atoms with Crippen molar-refractivity contribution in [2.45, 2.75) is 37.4 Å². The molecule has 0 radical (unpaired) electrons. The average Bonchev–Trinajstić information content (AvgIpc) is 2.97. The fourth-order valence-electron chi connectivity index (χ4n) is 2.16. The van der Waals surface area contributed by atoms with Crippen LogP contribution in [0, 0.1) is 0 Å². The van der Waals surface area contributed by atoms with Crippen LogP contribution in [-0.4, -0.2) is 11.0 Å². The number of halogens is 3. The van der Waals surface area contributed by atoms with E-state index in [1.165, 1.54) is 12.3 Å². The minimum absolute atomic E-state index is 0.268. The van der Waals surface area contributed by atoms with Gasteiger partial charge < -0.3 is 5.73 Å². The van der Waals surface area contributed by atoms with Crippen molar-refractivity contribution < 1.29 is 13.2 Å². The zero-order valence-corrected chi connectivity index (χ0v) is 8.88. The van der Waals surface area contributed by atoms with Crippen LogP contribution in [0.5, 0.6) is 0 Å². The zero-order valence-electron chi connectivity index (χ0n) is 8.88. The lowest BCUT2D eigenvalue weighted by molar-refractivity contribution is -0.138. The normalized spacial score (nSPS) is 20.6. The number of nitrogens with zero attached hydrogens (tertiary/aromatic N) is 1. The van der Waals surface area contributed by atoms with Crippen molar-refractivity contribution in [3.05, 3.63) is 29.6 Å². The van der Waals surface area contributed by atoms with Crippen LogP contribution in [0.4, 0.5) is 13.2 Å². The first-order chi connectivity index (χ1) is 7.38. The SMILES string of the molecule is CC(N)C1(c2ccncc2C(F)(F)F)CC1. The molecule has 16 heavy (non-hydrogen) atoms. The summed E-state index contributed by atoms with van der Waals surface area (Å²) < 4.78 is 38.4. The summed E-state index contributed by atoms with van der Waals surface area (Å²) in [6.45, 7) is 1.76. The van der Waals surface area contributed by atoms with Crippen LogP contribution in [-0.2, 0) is 11.6 Å². The van der Waals surface area contributed by atoms with Gasteiger partial charge in [0, 0.05) is 23.9 Å². The van der Waals surface area contributed by atoms with Crippen LogP contribution in [0.3, 0.4) is 0 Å². The van der Waals surface area contributed by atoms with Crippen LogP contribution >= 0.6 is 0 Å². The Morgan fingerprint density at radius 1 is 1.44 bits per heavy atom. The second kappa shape index (κ2) is 3.45. The molecule has 0 aromatic carbocycles. The molecular formula is C11H13F3N2. The number of hydrogen-bond donors (Lipinski definition) is 1. The summed E-state index contributed by atoms with van der Waals surface area (Å²) in [6.07, 6.45) is -0.631. The van der Waals surface area contributed by atoms with E-state index in [0.29, 0.717) is 5.56 Å². The van der Waals surface area contributed by atoms with Crippen LogP contribution < -0.4 is 5.73 Å². The first kappa shape index (κ1) is 11.4. The topological polar surface area (TPSA) is 38.9 Å². The van der Waals surface area contributed by atoms with Gasteiger partial charge in [-0.3, -0.25) is 4.98 Å². The van der Waals surface area contributed by atoms with E-state index in [9.17, 15) is 13.2 Å². The molecule has 5 heteroatoms. The maximum atomic E-state index is 12.8. The highest BCUT2D eigenvalue weighted by atomic mass is 19.4. The number of nitrogens with two attached hydrogens (primary N) is 1. The van der Waals surface area contributed by atoms with Gasteiger partial charge in [0.05, 0.1) is 5.56 Å². The molecule has 0 bridgehead atoms. The standard InChI is InChI=1S/C11H13F3N2/c1-7(15)10(3-4-10)8-2-5-16-6-9(8)11(12,13)14/h2,5-7H,3-4,15H2,1H3. The summed E-state index contributed by atoms with van der Waals surface area (Å²) in [7, 11) is 0. The summed E-state index contributed by atoms with van der Waals surface area (Å²) in [5, 5.41) is 0. The Labute approximate surface area is 91.7 Å². The molecule has 1 atom stereocenters. The maximum Gasteiger partial charge on any atom is 0.418 e. The lowest BCUT2D eigenvalue weighted by atomic mass is 9.87. The highest BCUT2D eigenvalue weighted by Gasteiger charge is 2.51. The third-order valence-electron chi connectivity index (χ3n) is 3.32. The van der Waals surface area contributed by atoms with E-state index in [2.05, 4.69) is 4.98 Å². The van der Waals surface area contributed by atoms with E-state index in [1.807, 2.05) is 0 Å². The molecule has 1 fully saturated rings. The monoisotopic (exact) mass is 230 g/mol. The van der Waals surface area contributed by atoms with E-state index in [0.717, 1.165) is 19.0 Å². The Bertz CT molecular complexity index is 394. The predicted octanol–water partition coefficient (Wildman–Crippen LogP) is 2.48. The van der Waals surface area contributed by atoms with Crippen molar-refractivity contribution in [3.63, 3.8) is 0 Å².